The number of likely N-dealkylation sites (tertiary alicyclic amines) is 1. The van der Waals surface area contributed by atoms with E-state index in [2.05, 4.69) is 23.9 Å². The summed E-state index contributed by atoms with van der Waals surface area (Å²) >= 11 is 1.46. The molecule has 1 fully saturated rings. The Labute approximate surface area is 92.1 Å². The van der Waals surface area contributed by atoms with Crippen LogP contribution in [0.1, 0.15) is 19.3 Å². The molecule has 1 saturated heterocycles. The molecule has 0 aromatic rings. The summed E-state index contributed by atoms with van der Waals surface area (Å²) in [5, 5.41) is 5.40. The number of piperidine rings is 1. The van der Waals surface area contributed by atoms with E-state index in [1.54, 1.807) is 0 Å². The summed E-state index contributed by atoms with van der Waals surface area (Å²) in [5.41, 5.74) is 0. The molecule has 0 unspecified atom stereocenters. The second kappa shape index (κ2) is 6.67. The van der Waals surface area contributed by atoms with Crippen molar-refractivity contribution in [3.63, 3.8) is 0 Å². The molecule has 2 N–H and O–H groups in total. The molecule has 1 aliphatic heterocycles. The van der Waals surface area contributed by atoms with E-state index in [-0.39, 0.29) is 0 Å². The summed E-state index contributed by atoms with van der Waals surface area (Å²) in [7, 11) is 4.37. The molecule has 0 amide bonds. The van der Waals surface area contributed by atoms with Crippen molar-refractivity contribution in [1.82, 2.24) is 9.80 Å². The maximum Gasteiger partial charge on any atom is 0.0113 e. The van der Waals surface area contributed by atoms with E-state index in [4.69, 9.17) is 5.14 Å². The Morgan fingerprint density at radius 2 is 2.00 bits per heavy atom. The molecule has 0 aromatic carbocycles. The molecule has 1 heterocycles. The highest BCUT2D eigenvalue weighted by atomic mass is 32.2. The Balaban J connectivity index is 2.09. The topological polar surface area (TPSA) is 32.5 Å². The molecule has 84 valence electrons. The van der Waals surface area contributed by atoms with Crippen molar-refractivity contribution in [2.24, 2.45) is 5.14 Å². The van der Waals surface area contributed by atoms with Gasteiger partial charge in [0.05, 0.1) is 0 Å². The van der Waals surface area contributed by atoms with Crippen molar-refractivity contribution in [2.45, 2.75) is 25.3 Å². The molecule has 14 heavy (non-hydrogen) atoms. The van der Waals surface area contributed by atoms with Crippen molar-refractivity contribution >= 4 is 11.9 Å². The number of hydrogen-bond acceptors (Lipinski definition) is 4. The SMILES string of the molecule is CN(C)C1CCN(CCCSN)CC1. The molecular weight excluding hydrogens is 194 g/mol. The molecule has 0 aliphatic carbocycles. The molecule has 4 heteroatoms. The van der Waals surface area contributed by atoms with Crippen LogP contribution in [0.2, 0.25) is 0 Å². The quantitative estimate of drug-likeness (QED) is 0.550. The second-order valence-corrected chi connectivity index (χ2v) is 5.00. The Morgan fingerprint density at radius 3 is 2.50 bits per heavy atom. The first-order valence-electron chi connectivity index (χ1n) is 5.44. The summed E-state index contributed by atoms with van der Waals surface area (Å²) in [6.07, 6.45) is 3.87. The largest absolute Gasteiger partial charge is 0.306 e. The predicted molar refractivity (Wildman–Crippen MR) is 64.4 cm³/mol. The first-order valence-corrected chi connectivity index (χ1v) is 6.49. The Hall–Kier alpha value is 0.230. The molecule has 3 nitrogen and oxygen atoms in total. The monoisotopic (exact) mass is 217 g/mol. The minimum atomic E-state index is 0.801. The van der Waals surface area contributed by atoms with Crippen LogP contribution < -0.4 is 5.14 Å². The Kier molecular flexibility index (Phi) is 5.86. The second-order valence-electron chi connectivity index (χ2n) is 4.26. The standard InChI is InChI=1S/C10H23N3S/c1-12(2)10-4-7-13(8-5-10)6-3-9-14-11/h10H,3-9,11H2,1-2H3. The van der Waals surface area contributed by atoms with Crippen LogP contribution in [0.25, 0.3) is 0 Å². The van der Waals surface area contributed by atoms with Crippen molar-refractivity contribution in [3.8, 4) is 0 Å². The lowest BCUT2D eigenvalue weighted by molar-refractivity contribution is 0.145. The van der Waals surface area contributed by atoms with Crippen LogP contribution in [0.15, 0.2) is 0 Å². The van der Waals surface area contributed by atoms with E-state index in [1.807, 2.05) is 0 Å². The third-order valence-electron chi connectivity index (χ3n) is 3.02. The average molecular weight is 217 g/mol. The van der Waals surface area contributed by atoms with Crippen LogP contribution in [0.3, 0.4) is 0 Å². The maximum atomic E-state index is 5.40. The average Bonchev–Trinajstić information content (AvgIpc) is 2.19. The summed E-state index contributed by atoms with van der Waals surface area (Å²) in [5.74, 6) is 1.09. The molecule has 0 bridgehead atoms. The summed E-state index contributed by atoms with van der Waals surface area (Å²) in [6, 6.07) is 0.801. The highest BCUT2D eigenvalue weighted by molar-refractivity contribution is 7.97. The number of nitrogens with zero attached hydrogens (tertiary/aromatic N) is 2. The fourth-order valence-electron chi connectivity index (χ4n) is 2.03. The zero-order valence-electron chi connectivity index (χ0n) is 9.41. The zero-order chi connectivity index (χ0) is 10.4. The maximum absolute atomic E-state index is 5.40. The van der Waals surface area contributed by atoms with Gasteiger partial charge in [-0.3, -0.25) is 5.14 Å². The van der Waals surface area contributed by atoms with Crippen LogP contribution in [0.4, 0.5) is 0 Å². The lowest BCUT2D eigenvalue weighted by atomic mass is 10.0. The molecule has 1 rings (SSSR count). The highest BCUT2D eigenvalue weighted by Crippen LogP contribution is 2.14. The number of nitrogens with two attached hydrogens (primary N) is 1. The summed E-state index contributed by atoms with van der Waals surface area (Å²) < 4.78 is 0. The van der Waals surface area contributed by atoms with Gasteiger partial charge in [-0.1, -0.05) is 11.9 Å². The minimum absolute atomic E-state index is 0.801. The van der Waals surface area contributed by atoms with Gasteiger partial charge < -0.3 is 9.80 Å². The zero-order valence-corrected chi connectivity index (χ0v) is 10.2. The fraction of sp³-hybridized carbons (Fsp3) is 1.00. The third kappa shape index (κ3) is 4.17. The minimum Gasteiger partial charge on any atom is -0.306 e. The Morgan fingerprint density at radius 1 is 1.36 bits per heavy atom. The molecule has 0 saturated carbocycles. The van der Waals surface area contributed by atoms with Crippen LogP contribution in [0, 0.1) is 0 Å². The number of rotatable bonds is 5. The highest BCUT2D eigenvalue weighted by Gasteiger charge is 2.19. The van der Waals surface area contributed by atoms with E-state index in [1.165, 1.54) is 50.8 Å². The lowest BCUT2D eigenvalue weighted by Crippen LogP contribution is -2.42. The van der Waals surface area contributed by atoms with E-state index in [0.717, 1.165) is 11.8 Å². The lowest BCUT2D eigenvalue weighted by Gasteiger charge is -2.35. The van der Waals surface area contributed by atoms with Crippen molar-refractivity contribution < 1.29 is 0 Å². The van der Waals surface area contributed by atoms with Gasteiger partial charge in [-0.25, -0.2) is 0 Å². The van der Waals surface area contributed by atoms with Crippen LogP contribution in [0.5, 0.6) is 0 Å². The van der Waals surface area contributed by atoms with E-state index < -0.39 is 0 Å². The van der Waals surface area contributed by atoms with Gasteiger partial charge in [0, 0.05) is 11.8 Å². The van der Waals surface area contributed by atoms with Gasteiger partial charge in [-0.05, 0) is 53.0 Å². The van der Waals surface area contributed by atoms with Crippen molar-refractivity contribution in [3.05, 3.63) is 0 Å². The third-order valence-corrected chi connectivity index (χ3v) is 3.55. The van der Waals surface area contributed by atoms with Gasteiger partial charge >= 0.3 is 0 Å². The van der Waals surface area contributed by atoms with E-state index in [9.17, 15) is 0 Å². The predicted octanol–water partition coefficient (Wildman–Crippen LogP) is 1.01. The Bertz CT molecular complexity index is 144. The summed E-state index contributed by atoms with van der Waals surface area (Å²) in [4.78, 5) is 4.92. The molecule has 0 radical (unpaired) electrons. The first kappa shape index (κ1) is 12.3. The van der Waals surface area contributed by atoms with Crippen LogP contribution in [-0.4, -0.2) is 55.3 Å². The van der Waals surface area contributed by atoms with Gasteiger partial charge in [0.2, 0.25) is 0 Å². The fourth-order valence-corrected chi connectivity index (χ4v) is 2.33. The smallest absolute Gasteiger partial charge is 0.0113 e. The number of hydrogen-bond donors (Lipinski definition) is 1. The van der Waals surface area contributed by atoms with Gasteiger partial charge in [0.1, 0.15) is 0 Å². The van der Waals surface area contributed by atoms with Gasteiger partial charge in [0.15, 0.2) is 0 Å². The van der Waals surface area contributed by atoms with E-state index in [0.29, 0.717) is 0 Å². The van der Waals surface area contributed by atoms with Crippen LogP contribution in [-0.2, 0) is 0 Å². The van der Waals surface area contributed by atoms with Gasteiger partial charge in [-0.2, -0.15) is 0 Å². The van der Waals surface area contributed by atoms with Gasteiger partial charge in [-0.15, -0.1) is 0 Å². The molecule has 0 aromatic heterocycles. The normalized spacial score (nSPS) is 20.6. The molecule has 1 aliphatic rings. The molecular formula is C10H23N3S. The van der Waals surface area contributed by atoms with E-state index >= 15 is 0 Å². The van der Waals surface area contributed by atoms with Gasteiger partial charge in [0.25, 0.3) is 0 Å². The van der Waals surface area contributed by atoms with Crippen molar-refractivity contribution in [1.29, 1.82) is 0 Å². The first-order chi connectivity index (χ1) is 6.74. The summed E-state index contributed by atoms with van der Waals surface area (Å²) in [6.45, 7) is 3.75. The van der Waals surface area contributed by atoms with Crippen molar-refractivity contribution in [2.75, 3.05) is 39.5 Å². The molecule has 0 atom stereocenters. The van der Waals surface area contributed by atoms with Crippen LogP contribution >= 0.6 is 11.9 Å². The molecule has 0 spiro atoms.